The highest BCUT2D eigenvalue weighted by molar-refractivity contribution is 6.39. The summed E-state index contributed by atoms with van der Waals surface area (Å²) in [4.78, 5) is 40.9. The second kappa shape index (κ2) is 7.42. The third kappa shape index (κ3) is 3.60. The Bertz CT molecular complexity index is 962. The van der Waals surface area contributed by atoms with E-state index in [0.29, 0.717) is 41.4 Å². The van der Waals surface area contributed by atoms with Crippen molar-refractivity contribution in [3.63, 3.8) is 0 Å². The van der Waals surface area contributed by atoms with Gasteiger partial charge in [0.15, 0.2) is 5.82 Å². The highest BCUT2D eigenvalue weighted by Crippen LogP contribution is 2.42. The maximum Gasteiger partial charge on any atom is 0.313 e. The number of allylic oxidation sites excluding steroid dienone is 2. The fraction of sp³-hybridized carbons (Fsp3) is 0.333. The molecule has 4 rings (SSSR count). The maximum absolute atomic E-state index is 12.5. The van der Waals surface area contributed by atoms with E-state index in [1.165, 1.54) is 0 Å². The summed E-state index contributed by atoms with van der Waals surface area (Å²) in [6, 6.07) is 6.49. The number of nitrogens with one attached hydrogen (secondary N) is 2. The van der Waals surface area contributed by atoms with Crippen molar-refractivity contribution < 1.29 is 14.4 Å². The summed E-state index contributed by atoms with van der Waals surface area (Å²) in [6.45, 7) is 0.509. The van der Waals surface area contributed by atoms with Crippen LogP contribution in [-0.2, 0) is 16.6 Å². The number of aromatic nitrogens is 2. The minimum atomic E-state index is -0.736. The van der Waals surface area contributed by atoms with E-state index in [1.807, 2.05) is 0 Å². The van der Waals surface area contributed by atoms with Gasteiger partial charge in [-0.25, -0.2) is 4.98 Å². The molecular formula is C21H22N4O3. The van der Waals surface area contributed by atoms with Gasteiger partial charge in [-0.3, -0.25) is 14.4 Å². The van der Waals surface area contributed by atoms with Crippen LogP contribution in [0.2, 0.25) is 0 Å². The molecule has 0 aliphatic heterocycles. The molecule has 7 nitrogen and oxygen atoms in total. The van der Waals surface area contributed by atoms with Gasteiger partial charge in [0.25, 0.3) is 0 Å². The zero-order chi connectivity index (χ0) is 19.7. The quantitative estimate of drug-likeness (QED) is 0.472. The molecule has 3 atom stereocenters. The van der Waals surface area contributed by atoms with Crippen molar-refractivity contribution in [3.8, 4) is 0 Å². The Kier molecular flexibility index (Phi) is 4.81. The van der Waals surface area contributed by atoms with Crippen molar-refractivity contribution >= 4 is 23.3 Å². The van der Waals surface area contributed by atoms with Crippen molar-refractivity contribution in [2.45, 2.75) is 12.8 Å². The lowest BCUT2D eigenvalue weighted by molar-refractivity contribution is -0.136. The van der Waals surface area contributed by atoms with Gasteiger partial charge in [0.2, 0.25) is 5.78 Å². The van der Waals surface area contributed by atoms with Crippen LogP contribution in [0.15, 0.2) is 48.8 Å². The van der Waals surface area contributed by atoms with Gasteiger partial charge in [0.05, 0.1) is 0 Å². The highest BCUT2D eigenvalue weighted by atomic mass is 16.2. The number of benzene rings is 1. The number of fused-ring (bicyclic) bond motifs is 2. The maximum atomic E-state index is 12.5. The Morgan fingerprint density at radius 1 is 1.18 bits per heavy atom. The van der Waals surface area contributed by atoms with Crippen LogP contribution >= 0.6 is 0 Å². The molecule has 28 heavy (non-hydrogen) atoms. The molecule has 1 saturated carbocycles. The van der Waals surface area contributed by atoms with Gasteiger partial charge in [-0.15, -0.1) is 0 Å². The number of imidazole rings is 1. The third-order valence-electron chi connectivity index (χ3n) is 5.55. The zero-order valence-electron chi connectivity index (χ0n) is 15.6. The summed E-state index contributed by atoms with van der Waals surface area (Å²) in [5.41, 5.74) is 0.782. The predicted molar refractivity (Wildman–Crippen MR) is 104 cm³/mol. The first-order valence-corrected chi connectivity index (χ1v) is 9.41. The van der Waals surface area contributed by atoms with Crippen molar-refractivity contribution in [1.82, 2.24) is 14.9 Å². The molecule has 0 radical (unpaired) electrons. The molecule has 2 amide bonds. The Labute approximate surface area is 162 Å². The summed E-state index contributed by atoms with van der Waals surface area (Å²) < 4.78 is 1.63. The molecule has 7 heteroatoms. The van der Waals surface area contributed by atoms with Crippen LogP contribution in [0.4, 0.5) is 5.69 Å². The molecule has 1 heterocycles. The van der Waals surface area contributed by atoms with Crippen LogP contribution in [0.1, 0.15) is 29.0 Å². The molecule has 1 aromatic heterocycles. The fourth-order valence-electron chi connectivity index (χ4n) is 4.07. The topological polar surface area (TPSA) is 93.1 Å². The van der Waals surface area contributed by atoms with E-state index >= 15 is 0 Å². The second-order valence-electron chi connectivity index (χ2n) is 7.48. The number of amides is 2. The SMILES string of the molecule is Cn1ccnc1C(=O)c1cccc(NC(=O)C(=O)NC[C@@H]2C[C@@H]3C=C[C@H]2C3)c1. The standard InChI is InChI=1S/C21H22N4O3/c1-25-8-7-22-19(25)18(26)15-3-2-4-17(11-15)24-21(28)20(27)23-12-16-10-13-5-6-14(16)9-13/h2-8,11,13-14,16H,9-10,12H2,1H3,(H,23,27)(H,24,28)/t13-,14+,16+/m1/s1. The van der Waals surface area contributed by atoms with Crippen LogP contribution in [0.5, 0.6) is 0 Å². The van der Waals surface area contributed by atoms with Gasteiger partial charge in [0, 0.05) is 37.2 Å². The number of carbonyl (C=O) groups excluding carboxylic acids is 3. The Morgan fingerprint density at radius 2 is 2.04 bits per heavy atom. The fourth-order valence-corrected chi connectivity index (χ4v) is 4.07. The molecule has 2 aromatic rings. The van der Waals surface area contributed by atoms with E-state index in [0.717, 1.165) is 12.8 Å². The number of anilines is 1. The molecule has 2 aliphatic rings. The summed E-state index contributed by atoms with van der Waals surface area (Å²) in [5.74, 6) is 0.207. The summed E-state index contributed by atoms with van der Waals surface area (Å²) in [5, 5.41) is 5.29. The molecule has 2 aliphatic carbocycles. The van der Waals surface area contributed by atoms with E-state index in [4.69, 9.17) is 0 Å². The Morgan fingerprint density at radius 3 is 2.71 bits per heavy atom. The van der Waals surface area contributed by atoms with Crippen LogP contribution in [0.25, 0.3) is 0 Å². The van der Waals surface area contributed by atoms with E-state index < -0.39 is 11.8 Å². The average molecular weight is 378 g/mol. The number of carbonyl (C=O) groups is 3. The lowest BCUT2D eigenvalue weighted by atomic mass is 9.94. The Balaban J connectivity index is 1.35. The smallest absolute Gasteiger partial charge is 0.313 e. The van der Waals surface area contributed by atoms with Gasteiger partial charge in [-0.05, 0) is 42.7 Å². The Hall–Kier alpha value is -3.22. The molecular weight excluding hydrogens is 356 g/mol. The van der Waals surface area contributed by atoms with Crippen molar-refractivity contribution in [3.05, 3.63) is 60.2 Å². The van der Waals surface area contributed by atoms with Gasteiger partial charge in [-0.1, -0.05) is 24.3 Å². The molecule has 144 valence electrons. The predicted octanol–water partition coefficient (Wildman–Crippen LogP) is 1.92. The summed E-state index contributed by atoms with van der Waals surface area (Å²) >= 11 is 0. The van der Waals surface area contributed by atoms with Gasteiger partial charge in [-0.2, -0.15) is 0 Å². The van der Waals surface area contributed by atoms with Crippen molar-refractivity contribution in [2.75, 3.05) is 11.9 Å². The lowest BCUT2D eigenvalue weighted by Gasteiger charge is -2.18. The average Bonchev–Trinajstić information content (AvgIpc) is 3.42. The van der Waals surface area contributed by atoms with E-state index in [9.17, 15) is 14.4 Å². The number of hydrogen-bond acceptors (Lipinski definition) is 4. The van der Waals surface area contributed by atoms with E-state index in [-0.39, 0.29) is 5.78 Å². The van der Waals surface area contributed by atoms with Crippen LogP contribution in [-0.4, -0.2) is 33.7 Å². The van der Waals surface area contributed by atoms with Crippen LogP contribution in [0, 0.1) is 17.8 Å². The second-order valence-corrected chi connectivity index (χ2v) is 7.48. The normalized spacial score (nSPS) is 22.2. The molecule has 2 N–H and O–H groups in total. The number of aryl methyl sites for hydroxylation is 1. The minimum Gasteiger partial charge on any atom is -0.348 e. The summed E-state index contributed by atoms with van der Waals surface area (Å²) in [6.07, 6.45) is 9.93. The molecule has 1 fully saturated rings. The number of ketones is 1. The van der Waals surface area contributed by atoms with E-state index in [1.54, 1.807) is 48.3 Å². The van der Waals surface area contributed by atoms with Crippen molar-refractivity contribution in [1.29, 1.82) is 0 Å². The third-order valence-corrected chi connectivity index (χ3v) is 5.55. The van der Waals surface area contributed by atoms with E-state index in [2.05, 4.69) is 27.8 Å². The molecule has 1 aromatic carbocycles. The number of hydrogen-bond donors (Lipinski definition) is 2. The zero-order valence-corrected chi connectivity index (χ0v) is 15.6. The molecule has 0 unspecified atom stereocenters. The van der Waals surface area contributed by atoms with Crippen LogP contribution in [0.3, 0.4) is 0 Å². The molecule has 0 saturated heterocycles. The van der Waals surface area contributed by atoms with Crippen LogP contribution < -0.4 is 10.6 Å². The molecule has 0 spiro atoms. The van der Waals surface area contributed by atoms with Crippen molar-refractivity contribution in [2.24, 2.45) is 24.8 Å². The highest BCUT2D eigenvalue weighted by Gasteiger charge is 2.35. The van der Waals surface area contributed by atoms with Gasteiger partial charge in [0.1, 0.15) is 0 Å². The number of rotatable bonds is 5. The van der Waals surface area contributed by atoms with Gasteiger partial charge < -0.3 is 15.2 Å². The van der Waals surface area contributed by atoms with Gasteiger partial charge >= 0.3 is 11.8 Å². The summed E-state index contributed by atoms with van der Waals surface area (Å²) in [7, 11) is 1.74. The largest absolute Gasteiger partial charge is 0.348 e. The lowest BCUT2D eigenvalue weighted by Crippen LogP contribution is -2.38. The first-order valence-electron chi connectivity index (χ1n) is 9.41. The first-order chi connectivity index (χ1) is 13.5. The first kappa shape index (κ1) is 18.2. The monoisotopic (exact) mass is 378 g/mol. The molecule has 2 bridgehead atoms. The minimum absolute atomic E-state index is 0.252. The number of nitrogens with zero attached hydrogens (tertiary/aromatic N) is 2.